The number of hydrogen-bond acceptors (Lipinski definition) is 2. The molecule has 2 amide bonds. The minimum atomic E-state index is -0.581. The fourth-order valence-electron chi connectivity index (χ4n) is 1.91. The molecule has 0 bridgehead atoms. The van der Waals surface area contributed by atoms with Gasteiger partial charge in [0.05, 0.1) is 0 Å². The zero-order valence-electron chi connectivity index (χ0n) is 10.1. The van der Waals surface area contributed by atoms with E-state index in [1.165, 1.54) is 0 Å². The molecule has 96 valence electrons. The summed E-state index contributed by atoms with van der Waals surface area (Å²) < 4.78 is 0. The summed E-state index contributed by atoms with van der Waals surface area (Å²) in [6.45, 7) is 2.35. The van der Waals surface area contributed by atoms with Gasteiger partial charge < -0.3 is 10.2 Å². The lowest BCUT2D eigenvalue weighted by atomic mass is 10.2. The van der Waals surface area contributed by atoms with E-state index in [0.717, 1.165) is 18.7 Å². The highest BCUT2D eigenvalue weighted by Crippen LogP contribution is 2.24. The Morgan fingerprint density at radius 2 is 2.28 bits per heavy atom. The molecule has 1 aromatic carbocycles. The molecule has 1 N–H and O–H groups in total. The monoisotopic (exact) mass is 266 g/mol. The summed E-state index contributed by atoms with van der Waals surface area (Å²) >= 11 is 5.69. The Balaban J connectivity index is 2.15. The van der Waals surface area contributed by atoms with Gasteiger partial charge in [-0.15, -0.1) is 11.6 Å². The number of anilines is 2. The zero-order chi connectivity index (χ0) is 13.1. The lowest BCUT2D eigenvalue weighted by molar-refractivity contribution is -0.117. The third kappa shape index (κ3) is 2.82. The number of nitrogens with one attached hydrogen (secondary N) is 1. The van der Waals surface area contributed by atoms with Crippen molar-refractivity contribution in [3.05, 3.63) is 24.3 Å². The molecule has 1 fully saturated rings. The smallest absolute Gasteiger partial charge is 0.242 e. The molecule has 18 heavy (non-hydrogen) atoms. The van der Waals surface area contributed by atoms with Crippen molar-refractivity contribution in [2.75, 3.05) is 16.8 Å². The van der Waals surface area contributed by atoms with E-state index in [2.05, 4.69) is 5.32 Å². The van der Waals surface area contributed by atoms with E-state index >= 15 is 0 Å². The molecule has 1 aromatic rings. The van der Waals surface area contributed by atoms with Crippen molar-refractivity contribution >= 4 is 34.8 Å². The van der Waals surface area contributed by atoms with Crippen LogP contribution in [0.3, 0.4) is 0 Å². The van der Waals surface area contributed by atoms with E-state index in [1.54, 1.807) is 24.0 Å². The first kappa shape index (κ1) is 12.9. The van der Waals surface area contributed by atoms with Crippen LogP contribution in [0, 0.1) is 0 Å². The summed E-state index contributed by atoms with van der Waals surface area (Å²) in [5.74, 6) is -0.120. The van der Waals surface area contributed by atoms with Gasteiger partial charge in [-0.1, -0.05) is 6.07 Å². The van der Waals surface area contributed by atoms with Crippen LogP contribution in [0.2, 0.25) is 0 Å². The van der Waals surface area contributed by atoms with Crippen LogP contribution in [-0.4, -0.2) is 23.7 Å². The zero-order valence-corrected chi connectivity index (χ0v) is 10.9. The lowest BCUT2D eigenvalue weighted by Crippen LogP contribution is -2.24. The third-order valence-electron chi connectivity index (χ3n) is 2.86. The van der Waals surface area contributed by atoms with Gasteiger partial charge in [-0.05, 0) is 31.5 Å². The molecule has 1 aliphatic rings. The first-order valence-electron chi connectivity index (χ1n) is 5.93. The minimum Gasteiger partial charge on any atom is -0.325 e. The Labute approximate surface area is 111 Å². The number of halogens is 1. The van der Waals surface area contributed by atoms with E-state index in [-0.39, 0.29) is 11.8 Å². The Morgan fingerprint density at radius 3 is 2.89 bits per heavy atom. The van der Waals surface area contributed by atoms with Crippen LogP contribution in [0.5, 0.6) is 0 Å². The summed E-state index contributed by atoms with van der Waals surface area (Å²) in [5, 5.41) is 2.13. The Morgan fingerprint density at radius 1 is 1.50 bits per heavy atom. The van der Waals surface area contributed by atoms with E-state index in [1.807, 2.05) is 12.1 Å². The highest BCUT2D eigenvalue weighted by molar-refractivity contribution is 6.32. The number of alkyl halides is 1. The summed E-state index contributed by atoms with van der Waals surface area (Å²) in [6.07, 6.45) is 1.48. The predicted octanol–water partition coefficient (Wildman–Crippen LogP) is 2.38. The lowest BCUT2D eigenvalue weighted by Gasteiger charge is -2.17. The second-order valence-corrected chi connectivity index (χ2v) is 4.96. The highest BCUT2D eigenvalue weighted by Gasteiger charge is 2.21. The molecule has 2 rings (SSSR count). The van der Waals surface area contributed by atoms with Crippen molar-refractivity contribution in [1.29, 1.82) is 0 Å². The molecule has 0 aromatic heterocycles. The van der Waals surface area contributed by atoms with Gasteiger partial charge in [-0.2, -0.15) is 0 Å². The normalized spacial score (nSPS) is 16.8. The molecule has 4 nitrogen and oxygen atoms in total. The number of rotatable bonds is 3. The van der Waals surface area contributed by atoms with Gasteiger partial charge in [0.25, 0.3) is 0 Å². The molecule has 0 radical (unpaired) electrons. The van der Waals surface area contributed by atoms with Crippen molar-refractivity contribution < 1.29 is 9.59 Å². The molecule has 0 saturated carbocycles. The van der Waals surface area contributed by atoms with Gasteiger partial charge in [0.2, 0.25) is 11.8 Å². The quantitative estimate of drug-likeness (QED) is 0.854. The second kappa shape index (κ2) is 5.40. The summed E-state index contributed by atoms with van der Waals surface area (Å²) in [4.78, 5) is 24.9. The first-order chi connectivity index (χ1) is 8.58. The summed E-state index contributed by atoms with van der Waals surface area (Å²) in [6, 6.07) is 7.25. The van der Waals surface area contributed by atoms with Crippen LogP contribution >= 0.6 is 11.6 Å². The number of amides is 2. The summed E-state index contributed by atoms with van der Waals surface area (Å²) in [7, 11) is 0. The molecule has 5 heteroatoms. The van der Waals surface area contributed by atoms with E-state index in [4.69, 9.17) is 11.6 Å². The van der Waals surface area contributed by atoms with Crippen LogP contribution in [0.25, 0.3) is 0 Å². The molecule has 1 saturated heterocycles. The van der Waals surface area contributed by atoms with Gasteiger partial charge in [-0.3, -0.25) is 9.59 Å². The second-order valence-electron chi connectivity index (χ2n) is 4.30. The van der Waals surface area contributed by atoms with Crippen LogP contribution in [0.4, 0.5) is 11.4 Å². The van der Waals surface area contributed by atoms with E-state index in [9.17, 15) is 9.59 Å². The maximum atomic E-state index is 11.6. The predicted molar refractivity (Wildman–Crippen MR) is 72.0 cm³/mol. The van der Waals surface area contributed by atoms with Crippen molar-refractivity contribution in [2.45, 2.75) is 25.1 Å². The molecular weight excluding hydrogens is 252 g/mol. The SMILES string of the molecule is C[C@H](Cl)C(=O)Nc1cccc(N2CCCC2=O)c1. The van der Waals surface area contributed by atoms with E-state index < -0.39 is 5.38 Å². The summed E-state index contributed by atoms with van der Waals surface area (Å²) in [5.41, 5.74) is 1.47. The average Bonchev–Trinajstić information content (AvgIpc) is 2.75. The minimum absolute atomic E-state index is 0.129. The fraction of sp³-hybridized carbons (Fsp3) is 0.385. The highest BCUT2D eigenvalue weighted by atomic mass is 35.5. The Kier molecular flexibility index (Phi) is 3.87. The maximum Gasteiger partial charge on any atom is 0.242 e. The van der Waals surface area contributed by atoms with E-state index in [0.29, 0.717) is 12.1 Å². The molecule has 0 unspecified atom stereocenters. The fourth-order valence-corrected chi connectivity index (χ4v) is 1.97. The van der Waals surface area contributed by atoms with Crippen molar-refractivity contribution in [3.63, 3.8) is 0 Å². The van der Waals surface area contributed by atoms with Gasteiger partial charge in [0.1, 0.15) is 5.38 Å². The number of carbonyl (C=O) groups excluding carboxylic acids is 2. The molecular formula is C13H15ClN2O2. The first-order valence-corrected chi connectivity index (χ1v) is 6.37. The number of benzene rings is 1. The van der Waals surface area contributed by atoms with Crippen molar-refractivity contribution in [2.24, 2.45) is 0 Å². The van der Waals surface area contributed by atoms with Gasteiger partial charge in [0.15, 0.2) is 0 Å². The molecule has 1 aliphatic heterocycles. The standard InChI is InChI=1S/C13H15ClN2O2/c1-9(14)13(18)15-10-4-2-5-11(8-10)16-7-3-6-12(16)17/h2,4-5,8-9H,3,6-7H2,1H3,(H,15,18)/t9-/m0/s1. The molecule has 0 spiro atoms. The Hall–Kier alpha value is -1.55. The topological polar surface area (TPSA) is 49.4 Å². The van der Waals surface area contributed by atoms with Gasteiger partial charge in [-0.25, -0.2) is 0 Å². The van der Waals surface area contributed by atoms with Crippen LogP contribution in [0.1, 0.15) is 19.8 Å². The average molecular weight is 267 g/mol. The largest absolute Gasteiger partial charge is 0.325 e. The Bertz CT molecular complexity index is 474. The number of hydrogen-bond donors (Lipinski definition) is 1. The van der Waals surface area contributed by atoms with Crippen LogP contribution in [0.15, 0.2) is 24.3 Å². The molecule has 1 heterocycles. The van der Waals surface area contributed by atoms with Crippen LogP contribution < -0.4 is 10.2 Å². The number of carbonyl (C=O) groups is 2. The number of nitrogens with zero attached hydrogens (tertiary/aromatic N) is 1. The molecule has 0 aliphatic carbocycles. The maximum absolute atomic E-state index is 11.6. The van der Waals surface area contributed by atoms with Crippen LogP contribution in [-0.2, 0) is 9.59 Å². The third-order valence-corrected chi connectivity index (χ3v) is 3.06. The van der Waals surface area contributed by atoms with Crippen molar-refractivity contribution in [3.8, 4) is 0 Å². The van der Waals surface area contributed by atoms with Gasteiger partial charge in [0, 0.05) is 24.3 Å². The molecule has 1 atom stereocenters. The van der Waals surface area contributed by atoms with Crippen molar-refractivity contribution in [1.82, 2.24) is 0 Å². The van der Waals surface area contributed by atoms with Gasteiger partial charge >= 0.3 is 0 Å².